The van der Waals surface area contributed by atoms with Crippen molar-refractivity contribution in [2.45, 2.75) is 6.04 Å². The van der Waals surface area contributed by atoms with Crippen molar-refractivity contribution in [3.8, 4) is 11.5 Å². The molecule has 0 aliphatic carbocycles. The summed E-state index contributed by atoms with van der Waals surface area (Å²) < 4.78 is 9.73. The minimum absolute atomic E-state index is 0.113. The van der Waals surface area contributed by atoms with Gasteiger partial charge in [-0.25, -0.2) is 4.79 Å². The summed E-state index contributed by atoms with van der Waals surface area (Å²) in [6.45, 7) is 0.239. The highest BCUT2D eigenvalue weighted by Crippen LogP contribution is 2.37. The second-order valence-corrected chi connectivity index (χ2v) is 3.76. The molecule has 1 atom stereocenters. The number of ether oxygens (including phenoxy) is 2. The Hall–Kier alpha value is -1.62. The van der Waals surface area contributed by atoms with E-state index in [2.05, 4.69) is 5.32 Å². The molecule has 6 heteroatoms. The molecule has 0 aromatic heterocycles. The monoisotopic (exact) mass is 243 g/mol. The molecule has 1 saturated heterocycles. The van der Waals surface area contributed by atoms with Crippen LogP contribution in [-0.4, -0.2) is 24.9 Å². The zero-order valence-electron chi connectivity index (χ0n) is 8.49. The summed E-state index contributed by atoms with van der Waals surface area (Å²) in [4.78, 5) is 10.9. The van der Waals surface area contributed by atoms with Crippen LogP contribution in [0.5, 0.6) is 11.5 Å². The van der Waals surface area contributed by atoms with E-state index in [9.17, 15) is 9.90 Å². The molecule has 0 spiro atoms. The summed E-state index contributed by atoms with van der Waals surface area (Å²) in [6.07, 6.45) is -0.465. The fourth-order valence-electron chi connectivity index (χ4n) is 1.51. The molecule has 1 amide bonds. The SMILES string of the molecule is COc1cc([C@@H]2COC(=O)N2)cc(Cl)c1O. The number of nitrogens with one attached hydrogen (secondary N) is 1. The molecule has 0 unspecified atom stereocenters. The van der Waals surface area contributed by atoms with Crippen LogP contribution in [0.1, 0.15) is 11.6 Å². The van der Waals surface area contributed by atoms with Gasteiger partial charge in [-0.3, -0.25) is 0 Å². The van der Waals surface area contributed by atoms with Crippen molar-refractivity contribution in [2.24, 2.45) is 0 Å². The molecule has 1 aliphatic heterocycles. The third-order valence-corrected chi connectivity index (χ3v) is 2.63. The van der Waals surface area contributed by atoms with Crippen LogP contribution in [0.3, 0.4) is 0 Å². The second-order valence-electron chi connectivity index (χ2n) is 3.35. The highest BCUT2D eigenvalue weighted by Gasteiger charge is 2.25. The second kappa shape index (κ2) is 4.09. The first kappa shape index (κ1) is 10.9. The maximum absolute atomic E-state index is 10.9. The van der Waals surface area contributed by atoms with Crippen molar-refractivity contribution < 1.29 is 19.4 Å². The topological polar surface area (TPSA) is 67.8 Å². The van der Waals surface area contributed by atoms with Crippen molar-refractivity contribution in [3.05, 3.63) is 22.7 Å². The fourth-order valence-corrected chi connectivity index (χ4v) is 1.73. The Morgan fingerprint density at radius 1 is 1.62 bits per heavy atom. The zero-order chi connectivity index (χ0) is 11.7. The number of phenols is 1. The Bertz CT molecular complexity index is 435. The molecule has 1 heterocycles. The van der Waals surface area contributed by atoms with Crippen LogP contribution in [0.25, 0.3) is 0 Å². The van der Waals surface area contributed by atoms with Crippen molar-refractivity contribution in [1.82, 2.24) is 5.32 Å². The van der Waals surface area contributed by atoms with Gasteiger partial charge in [0, 0.05) is 0 Å². The maximum atomic E-state index is 10.9. The number of benzene rings is 1. The standard InChI is InChI=1S/C10H10ClNO4/c1-15-8-3-5(2-6(11)9(8)13)7-4-16-10(14)12-7/h2-3,7,13H,4H2,1H3,(H,12,14)/t7-/m0/s1. The minimum Gasteiger partial charge on any atom is -0.503 e. The fraction of sp³-hybridized carbons (Fsp3) is 0.300. The summed E-state index contributed by atoms with van der Waals surface area (Å²) in [5.74, 6) is 0.154. The Morgan fingerprint density at radius 3 is 2.94 bits per heavy atom. The van der Waals surface area contributed by atoms with Crippen molar-refractivity contribution in [3.63, 3.8) is 0 Å². The van der Waals surface area contributed by atoms with Gasteiger partial charge in [-0.1, -0.05) is 11.6 Å². The third-order valence-electron chi connectivity index (χ3n) is 2.35. The normalized spacial score (nSPS) is 19.1. The summed E-state index contributed by atoms with van der Waals surface area (Å²) in [7, 11) is 1.43. The van der Waals surface area contributed by atoms with E-state index < -0.39 is 6.09 Å². The quantitative estimate of drug-likeness (QED) is 0.832. The highest BCUT2D eigenvalue weighted by atomic mass is 35.5. The Kier molecular flexibility index (Phi) is 2.78. The lowest BCUT2D eigenvalue weighted by molar-refractivity contribution is 0.177. The van der Waals surface area contributed by atoms with Crippen LogP contribution in [-0.2, 0) is 4.74 Å². The molecule has 1 fully saturated rings. The van der Waals surface area contributed by atoms with Crippen LogP contribution in [0, 0.1) is 0 Å². The van der Waals surface area contributed by atoms with E-state index in [1.807, 2.05) is 0 Å². The smallest absolute Gasteiger partial charge is 0.407 e. The first-order chi connectivity index (χ1) is 7.61. The number of methoxy groups -OCH3 is 1. The molecule has 1 aromatic carbocycles. The number of cyclic esters (lactones) is 1. The molecule has 86 valence electrons. The van der Waals surface area contributed by atoms with Gasteiger partial charge < -0.3 is 19.9 Å². The molecular weight excluding hydrogens is 234 g/mol. The lowest BCUT2D eigenvalue weighted by Crippen LogP contribution is -2.18. The summed E-state index contributed by atoms with van der Waals surface area (Å²) in [5, 5.41) is 12.3. The van der Waals surface area contributed by atoms with Crippen molar-refractivity contribution in [1.29, 1.82) is 0 Å². The van der Waals surface area contributed by atoms with E-state index in [0.29, 0.717) is 0 Å². The van der Waals surface area contributed by atoms with Gasteiger partial charge in [0.1, 0.15) is 6.61 Å². The number of aromatic hydroxyl groups is 1. The van der Waals surface area contributed by atoms with Crippen LogP contribution >= 0.6 is 11.6 Å². The molecule has 16 heavy (non-hydrogen) atoms. The number of rotatable bonds is 2. The number of carbonyl (C=O) groups excluding carboxylic acids is 1. The van der Waals surface area contributed by atoms with Gasteiger partial charge in [0.15, 0.2) is 11.5 Å². The largest absolute Gasteiger partial charge is 0.503 e. The van der Waals surface area contributed by atoms with Crippen LogP contribution in [0.2, 0.25) is 5.02 Å². The van der Waals surface area contributed by atoms with Gasteiger partial charge >= 0.3 is 6.09 Å². The first-order valence-electron chi connectivity index (χ1n) is 4.61. The number of phenolic OH excluding ortho intramolecular Hbond substituents is 1. The van der Waals surface area contributed by atoms with Gasteiger partial charge in [-0.05, 0) is 17.7 Å². The van der Waals surface area contributed by atoms with Gasteiger partial charge in [-0.15, -0.1) is 0 Å². The van der Waals surface area contributed by atoms with E-state index in [1.165, 1.54) is 7.11 Å². The predicted molar refractivity (Wildman–Crippen MR) is 56.9 cm³/mol. The lowest BCUT2D eigenvalue weighted by Gasteiger charge is -2.11. The molecule has 5 nitrogen and oxygen atoms in total. The summed E-state index contributed by atoms with van der Waals surface area (Å²) in [6, 6.07) is 2.92. The van der Waals surface area contributed by atoms with E-state index >= 15 is 0 Å². The highest BCUT2D eigenvalue weighted by molar-refractivity contribution is 6.32. The molecule has 1 aromatic rings. The van der Waals surface area contributed by atoms with E-state index in [-0.39, 0.29) is 29.2 Å². The molecule has 1 aliphatic rings. The van der Waals surface area contributed by atoms with Gasteiger partial charge in [0.25, 0.3) is 0 Å². The lowest BCUT2D eigenvalue weighted by atomic mass is 10.1. The first-order valence-corrected chi connectivity index (χ1v) is 4.99. The predicted octanol–water partition coefficient (Wildman–Crippen LogP) is 1.84. The molecule has 2 rings (SSSR count). The van der Waals surface area contributed by atoms with Gasteiger partial charge in [0.2, 0.25) is 0 Å². The van der Waals surface area contributed by atoms with Crippen LogP contribution in [0.15, 0.2) is 12.1 Å². The van der Waals surface area contributed by atoms with Crippen LogP contribution < -0.4 is 10.1 Å². The molecule has 2 N–H and O–H groups in total. The summed E-state index contributed by atoms with van der Waals surface area (Å²) >= 11 is 5.83. The number of carbonyl (C=O) groups is 1. The van der Waals surface area contributed by atoms with Crippen molar-refractivity contribution >= 4 is 17.7 Å². The van der Waals surface area contributed by atoms with E-state index in [4.69, 9.17) is 21.1 Å². The minimum atomic E-state index is -0.465. The maximum Gasteiger partial charge on any atom is 0.407 e. The Balaban J connectivity index is 2.35. The number of amides is 1. The average molecular weight is 244 g/mol. The molecular formula is C10H10ClNO4. The zero-order valence-corrected chi connectivity index (χ0v) is 9.25. The molecule has 0 bridgehead atoms. The average Bonchev–Trinajstić information content (AvgIpc) is 2.69. The molecule has 0 radical (unpaired) electrons. The number of alkyl carbamates (subject to hydrolysis) is 1. The van der Waals surface area contributed by atoms with Crippen molar-refractivity contribution in [2.75, 3.05) is 13.7 Å². The van der Waals surface area contributed by atoms with E-state index in [1.54, 1.807) is 12.1 Å². The van der Waals surface area contributed by atoms with Gasteiger partial charge in [-0.2, -0.15) is 0 Å². The van der Waals surface area contributed by atoms with E-state index in [0.717, 1.165) is 5.56 Å². The number of hydrogen-bond acceptors (Lipinski definition) is 4. The van der Waals surface area contributed by atoms with Crippen LogP contribution in [0.4, 0.5) is 4.79 Å². The third kappa shape index (κ3) is 1.86. The number of hydrogen-bond donors (Lipinski definition) is 2. The van der Waals surface area contributed by atoms with Gasteiger partial charge in [0.05, 0.1) is 18.2 Å². The Morgan fingerprint density at radius 2 is 2.38 bits per heavy atom. The Labute approximate surface area is 96.9 Å². The number of halogens is 1. The molecule has 0 saturated carbocycles. The summed E-state index contributed by atoms with van der Waals surface area (Å²) in [5.41, 5.74) is 0.727.